The van der Waals surface area contributed by atoms with Crippen LogP contribution in [0.5, 0.6) is 0 Å². The van der Waals surface area contributed by atoms with Crippen LogP contribution in [0.15, 0.2) is 58.9 Å². The van der Waals surface area contributed by atoms with Crippen molar-refractivity contribution in [3.05, 3.63) is 60.2 Å². The van der Waals surface area contributed by atoms with Crippen LogP contribution in [-0.4, -0.2) is 26.5 Å². The number of hydrogen-bond acceptors (Lipinski definition) is 6. The number of carbonyl (C=O) groups excluding carboxylic acids is 1. The van der Waals surface area contributed by atoms with E-state index in [-0.39, 0.29) is 4.34 Å². The molecule has 0 fully saturated rings. The molecule has 0 bridgehead atoms. The molecule has 0 N–H and O–H groups in total. The quantitative estimate of drug-likeness (QED) is 0.678. The molecule has 0 saturated heterocycles. The van der Waals surface area contributed by atoms with Gasteiger partial charge < -0.3 is 4.74 Å². The monoisotopic (exact) mass is 347 g/mol. The predicted octanol–water partition coefficient (Wildman–Crippen LogP) is 2.98. The Balaban J connectivity index is 2.15. The highest BCUT2D eigenvalue weighted by Crippen LogP contribution is 2.34. The number of rotatable bonds is 4. The topological polar surface area (TPSA) is 73.3 Å². The van der Waals surface area contributed by atoms with Gasteiger partial charge in [-0.1, -0.05) is 42.5 Å². The molecule has 0 aliphatic carbocycles. The number of para-hydroxylation sites is 1. The lowest BCUT2D eigenvalue weighted by atomic mass is 10.1. The van der Waals surface area contributed by atoms with Crippen LogP contribution in [0.1, 0.15) is 10.8 Å². The van der Waals surface area contributed by atoms with Crippen LogP contribution in [-0.2, 0) is 19.4 Å². The maximum atomic E-state index is 12.9. The van der Waals surface area contributed by atoms with Crippen molar-refractivity contribution < 1.29 is 17.9 Å². The Hall–Kier alpha value is -2.25. The standard InChI is InChI=1S/C16H13NO4S2/c1-21-15(18)14(11-7-3-2-4-8-11)23(19,20)16-17-12-9-5-6-10-13(12)22-16/h2-10,14H,1H3. The van der Waals surface area contributed by atoms with Gasteiger partial charge in [-0.3, -0.25) is 4.79 Å². The molecule has 23 heavy (non-hydrogen) atoms. The summed E-state index contributed by atoms with van der Waals surface area (Å²) in [5, 5.41) is -1.42. The number of carbonyl (C=O) groups is 1. The molecular formula is C16H13NO4S2. The minimum Gasteiger partial charge on any atom is -0.468 e. The second kappa shape index (κ2) is 6.10. The molecule has 0 saturated carbocycles. The lowest BCUT2D eigenvalue weighted by Crippen LogP contribution is -2.23. The maximum absolute atomic E-state index is 12.9. The zero-order valence-electron chi connectivity index (χ0n) is 12.2. The number of nitrogens with zero attached hydrogens (tertiary/aromatic N) is 1. The number of aromatic nitrogens is 1. The highest BCUT2D eigenvalue weighted by Gasteiger charge is 2.38. The summed E-state index contributed by atoms with van der Waals surface area (Å²) >= 11 is 1.05. The van der Waals surface area contributed by atoms with Gasteiger partial charge >= 0.3 is 5.97 Å². The molecular weight excluding hydrogens is 334 g/mol. The van der Waals surface area contributed by atoms with Crippen LogP contribution in [0, 0.1) is 0 Å². The van der Waals surface area contributed by atoms with Crippen molar-refractivity contribution in [2.75, 3.05) is 7.11 Å². The Labute approximate surface area is 137 Å². The SMILES string of the molecule is COC(=O)C(c1ccccc1)S(=O)(=O)c1nc2ccccc2s1. The van der Waals surface area contributed by atoms with Crippen LogP contribution >= 0.6 is 11.3 Å². The third-order valence-electron chi connectivity index (χ3n) is 3.35. The number of ether oxygens (including phenoxy) is 1. The van der Waals surface area contributed by atoms with Gasteiger partial charge in [-0.25, -0.2) is 13.4 Å². The molecule has 3 aromatic rings. The zero-order chi connectivity index (χ0) is 16.4. The van der Waals surface area contributed by atoms with Crippen molar-refractivity contribution in [3.63, 3.8) is 0 Å². The molecule has 1 heterocycles. The minimum absolute atomic E-state index is 0.0852. The zero-order valence-corrected chi connectivity index (χ0v) is 13.8. The highest BCUT2D eigenvalue weighted by atomic mass is 32.2. The molecule has 5 nitrogen and oxygen atoms in total. The summed E-state index contributed by atoms with van der Waals surface area (Å²) in [6, 6.07) is 15.4. The van der Waals surface area contributed by atoms with Crippen molar-refractivity contribution in [2.24, 2.45) is 0 Å². The summed E-state index contributed by atoms with van der Waals surface area (Å²) in [7, 11) is -2.82. The van der Waals surface area contributed by atoms with E-state index in [0.717, 1.165) is 16.0 Å². The molecule has 2 aromatic carbocycles. The van der Waals surface area contributed by atoms with Crippen molar-refractivity contribution >= 4 is 37.4 Å². The van der Waals surface area contributed by atoms with E-state index in [1.165, 1.54) is 7.11 Å². The summed E-state index contributed by atoms with van der Waals surface area (Å²) in [5.41, 5.74) is 0.950. The number of fused-ring (bicyclic) bond motifs is 1. The molecule has 0 spiro atoms. The molecule has 1 atom stereocenters. The van der Waals surface area contributed by atoms with Crippen LogP contribution in [0.25, 0.3) is 10.2 Å². The van der Waals surface area contributed by atoms with Gasteiger partial charge in [0.25, 0.3) is 0 Å². The number of thiazole rings is 1. The van der Waals surface area contributed by atoms with Gasteiger partial charge in [-0.05, 0) is 17.7 Å². The van der Waals surface area contributed by atoms with Crippen molar-refractivity contribution in [2.45, 2.75) is 9.59 Å². The fraction of sp³-hybridized carbons (Fsp3) is 0.125. The first-order chi connectivity index (χ1) is 11.0. The summed E-state index contributed by atoms with van der Waals surface area (Å²) in [4.78, 5) is 16.3. The van der Waals surface area contributed by atoms with Gasteiger partial charge in [-0.15, -0.1) is 11.3 Å². The van der Waals surface area contributed by atoms with Crippen LogP contribution < -0.4 is 0 Å². The first kappa shape index (κ1) is 15.6. The van der Waals surface area contributed by atoms with Gasteiger partial charge in [0.1, 0.15) is 0 Å². The molecule has 0 radical (unpaired) electrons. The maximum Gasteiger partial charge on any atom is 0.329 e. The van der Waals surface area contributed by atoms with E-state index in [1.807, 2.05) is 6.07 Å². The molecule has 118 valence electrons. The van der Waals surface area contributed by atoms with Gasteiger partial charge in [0.05, 0.1) is 17.3 Å². The summed E-state index contributed by atoms with van der Waals surface area (Å²) in [5.74, 6) is -0.824. The van der Waals surface area contributed by atoms with E-state index in [4.69, 9.17) is 4.74 Å². The number of sulfone groups is 1. The molecule has 1 aromatic heterocycles. The lowest BCUT2D eigenvalue weighted by molar-refractivity contribution is -0.140. The molecule has 1 unspecified atom stereocenters. The van der Waals surface area contributed by atoms with E-state index in [1.54, 1.807) is 48.5 Å². The van der Waals surface area contributed by atoms with Crippen molar-refractivity contribution in [1.82, 2.24) is 4.98 Å². The number of methoxy groups -OCH3 is 1. The normalized spacial score (nSPS) is 12.9. The van der Waals surface area contributed by atoms with Crippen LogP contribution in [0.4, 0.5) is 0 Å². The van der Waals surface area contributed by atoms with Gasteiger partial charge in [0.15, 0.2) is 5.25 Å². The van der Waals surface area contributed by atoms with Gasteiger partial charge in [-0.2, -0.15) is 0 Å². The third-order valence-corrected chi connectivity index (χ3v) is 6.79. The van der Waals surface area contributed by atoms with Gasteiger partial charge in [0, 0.05) is 0 Å². The Kier molecular flexibility index (Phi) is 4.14. The van der Waals surface area contributed by atoms with Crippen molar-refractivity contribution in [1.29, 1.82) is 0 Å². The van der Waals surface area contributed by atoms with E-state index >= 15 is 0 Å². The van der Waals surface area contributed by atoms with E-state index in [2.05, 4.69) is 4.98 Å². The first-order valence-electron chi connectivity index (χ1n) is 6.76. The lowest BCUT2D eigenvalue weighted by Gasteiger charge is -2.14. The Bertz CT molecular complexity index is 915. The minimum atomic E-state index is -3.99. The molecule has 7 heteroatoms. The smallest absolute Gasteiger partial charge is 0.329 e. The Morgan fingerprint density at radius 3 is 2.39 bits per heavy atom. The Morgan fingerprint density at radius 2 is 1.74 bits per heavy atom. The predicted molar refractivity (Wildman–Crippen MR) is 88.0 cm³/mol. The molecule has 3 rings (SSSR count). The van der Waals surface area contributed by atoms with Crippen LogP contribution in [0.3, 0.4) is 0 Å². The first-order valence-corrected chi connectivity index (χ1v) is 9.12. The second-order valence-electron chi connectivity index (χ2n) is 4.81. The molecule has 0 aliphatic rings. The largest absolute Gasteiger partial charge is 0.468 e. The summed E-state index contributed by atoms with van der Waals surface area (Å²) < 4.78 is 31.3. The average Bonchev–Trinajstić information content (AvgIpc) is 3.00. The second-order valence-corrected chi connectivity index (χ2v) is 8.04. The third kappa shape index (κ3) is 2.85. The Morgan fingerprint density at radius 1 is 1.09 bits per heavy atom. The van der Waals surface area contributed by atoms with E-state index in [0.29, 0.717) is 11.1 Å². The number of benzene rings is 2. The van der Waals surface area contributed by atoms with Gasteiger partial charge in [0.2, 0.25) is 14.2 Å². The highest BCUT2D eigenvalue weighted by molar-refractivity contribution is 7.94. The summed E-state index contributed by atoms with van der Waals surface area (Å²) in [6.07, 6.45) is 0. The molecule has 0 amide bonds. The van der Waals surface area contributed by atoms with E-state index < -0.39 is 21.1 Å². The van der Waals surface area contributed by atoms with E-state index in [9.17, 15) is 13.2 Å². The van der Waals surface area contributed by atoms with Crippen molar-refractivity contribution in [3.8, 4) is 0 Å². The fourth-order valence-electron chi connectivity index (χ4n) is 2.25. The average molecular weight is 347 g/mol. The van der Waals surface area contributed by atoms with Crippen LogP contribution in [0.2, 0.25) is 0 Å². The summed E-state index contributed by atoms with van der Waals surface area (Å²) in [6.45, 7) is 0. The number of hydrogen-bond donors (Lipinski definition) is 0. The fourth-order valence-corrected chi connectivity index (χ4v) is 5.26. The molecule has 0 aliphatic heterocycles. The number of esters is 1.